The van der Waals surface area contributed by atoms with Gasteiger partial charge in [0.2, 0.25) is 0 Å². The van der Waals surface area contributed by atoms with Crippen molar-refractivity contribution in [3.05, 3.63) is 59.1 Å². The summed E-state index contributed by atoms with van der Waals surface area (Å²) in [5.74, 6) is 0. The summed E-state index contributed by atoms with van der Waals surface area (Å²) in [6, 6.07) is 15.5. The van der Waals surface area contributed by atoms with Crippen molar-refractivity contribution in [3.8, 4) is 0 Å². The van der Waals surface area contributed by atoms with Crippen LogP contribution < -0.4 is 0 Å². The topological polar surface area (TPSA) is 24.7 Å². The molecule has 0 spiro atoms. The number of aryl methyl sites for hydroxylation is 1. The van der Waals surface area contributed by atoms with Crippen molar-refractivity contribution in [3.63, 3.8) is 0 Å². The highest BCUT2D eigenvalue weighted by Crippen LogP contribution is 2.27. The normalized spacial score (nSPS) is 10.9. The van der Waals surface area contributed by atoms with Gasteiger partial charge in [0.1, 0.15) is 5.69 Å². The third-order valence-electron chi connectivity index (χ3n) is 2.17. The van der Waals surface area contributed by atoms with Crippen molar-refractivity contribution in [1.29, 1.82) is 0 Å². The SMILES string of the molecule is Cc1ccc(SN=Nc2ccccc2Cl)cc1. The molecule has 0 radical (unpaired) electrons. The smallest absolute Gasteiger partial charge is 0.105 e. The van der Waals surface area contributed by atoms with Gasteiger partial charge in [-0.15, -0.1) is 9.63 Å². The third kappa shape index (κ3) is 3.58. The van der Waals surface area contributed by atoms with Crippen LogP contribution >= 0.6 is 23.5 Å². The highest BCUT2D eigenvalue weighted by atomic mass is 35.5. The van der Waals surface area contributed by atoms with Crippen LogP contribution in [-0.2, 0) is 0 Å². The highest BCUT2D eigenvalue weighted by molar-refractivity contribution is 7.97. The van der Waals surface area contributed by atoms with Crippen molar-refractivity contribution in [2.24, 2.45) is 9.63 Å². The van der Waals surface area contributed by atoms with Gasteiger partial charge in [0, 0.05) is 16.8 Å². The second kappa shape index (κ2) is 5.84. The van der Waals surface area contributed by atoms with Crippen LogP contribution in [0.25, 0.3) is 0 Å². The van der Waals surface area contributed by atoms with E-state index in [4.69, 9.17) is 11.6 Å². The molecule has 0 aliphatic heterocycles. The summed E-state index contributed by atoms with van der Waals surface area (Å²) in [6.45, 7) is 2.06. The van der Waals surface area contributed by atoms with Gasteiger partial charge in [0.05, 0.1) is 5.02 Å². The van der Waals surface area contributed by atoms with Gasteiger partial charge in [-0.2, -0.15) is 0 Å². The fraction of sp³-hybridized carbons (Fsp3) is 0.0769. The lowest BCUT2D eigenvalue weighted by molar-refractivity contribution is 1.31. The number of halogens is 1. The predicted octanol–water partition coefficient (Wildman–Crippen LogP) is 5.44. The first-order chi connectivity index (χ1) is 8.25. The Hall–Kier alpha value is -1.32. The van der Waals surface area contributed by atoms with E-state index in [2.05, 4.69) is 16.6 Å². The molecule has 86 valence electrons. The molecule has 2 rings (SSSR count). The van der Waals surface area contributed by atoms with Crippen LogP contribution in [0.15, 0.2) is 63.1 Å². The molecule has 0 atom stereocenters. The van der Waals surface area contributed by atoms with Crippen molar-refractivity contribution in [1.82, 2.24) is 0 Å². The summed E-state index contributed by atoms with van der Waals surface area (Å²) in [4.78, 5) is 1.06. The number of rotatable bonds is 3. The fourth-order valence-electron chi connectivity index (χ4n) is 1.24. The largest absolute Gasteiger partial charge is 0.142 e. The minimum absolute atomic E-state index is 0.612. The molecule has 0 amide bonds. The molecule has 0 unspecified atom stereocenters. The zero-order valence-corrected chi connectivity index (χ0v) is 10.9. The molecule has 0 heterocycles. The van der Waals surface area contributed by atoms with Crippen LogP contribution in [0, 0.1) is 6.92 Å². The van der Waals surface area contributed by atoms with E-state index >= 15 is 0 Å². The van der Waals surface area contributed by atoms with Gasteiger partial charge in [-0.3, -0.25) is 0 Å². The van der Waals surface area contributed by atoms with Crippen LogP contribution in [0.5, 0.6) is 0 Å². The average molecular weight is 263 g/mol. The molecule has 2 nitrogen and oxygen atoms in total. The Morgan fingerprint density at radius 1 is 1.00 bits per heavy atom. The quantitative estimate of drug-likeness (QED) is 0.534. The molecule has 0 aliphatic rings. The van der Waals surface area contributed by atoms with Gasteiger partial charge in [-0.1, -0.05) is 41.4 Å². The van der Waals surface area contributed by atoms with Crippen LogP contribution in [-0.4, -0.2) is 0 Å². The molecule has 0 saturated heterocycles. The summed E-state index contributed by atoms with van der Waals surface area (Å²) in [7, 11) is 0. The van der Waals surface area contributed by atoms with Gasteiger partial charge in [-0.05, 0) is 31.2 Å². The Kier molecular flexibility index (Phi) is 4.18. The molecule has 0 aromatic heterocycles. The molecule has 2 aromatic rings. The summed E-state index contributed by atoms with van der Waals surface area (Å²) in [5.41, 5.74) is 1.92. The van der Waals surface area contributed by atoms with Crippen LogP contribution in [0.3, 0.4) is 0 Å². The van der Waals surface area contributed by atoms with Gasteiger partial charge in [0.15, 0.2) is 0 Å². The van der Waals surface area contributed by atoms with Crippen molar-refractivity contribution in [2.45, 2.75) is 11.8 Å². The molecule has 2 aromatic carbocycles. The average Bonchev–Trinajstić information content (AvgIpc) is 2.34. The third-order valence-corrected chi connectivity index (χ3v) is 3.13. The molecule has 17 heavy (non-hydrogen) atoms. The van der Waals surface area contributed by atoms with Crippen LogP contribution in [0.2, 0.25) is 5.02 Å². The van der Waals surface area contributed by atoms with E-state index in [0.29, 0.717) is 10.7 Å². The van der Waals surface area contributed by atoms with E-state index in [-0.39, 0.29) is 0 Å². The summed E-state index contributed by atoms with van der Waals surface area (Å²) in [6.07, 6.45) is 0. The van der Waals surface area contributed by atoms with E-state index in [1.807, 2.05) is 42.5 Å². The summed E-state index contributed by atoms with van der Waals surface area (Å²) < 4.78 is 4.06. The molecular formula is C13H11ClN2S. The van der Waals surface area contributed by atoms with E-state index in [1.54, 1.807) is 6.07 Å². The highest BCUT2D eigenvalue weighted by Gasteiger charge is 1.96. The number of hydrogen-bond acceptors (Lipinski definition) is 3. The Morgan fingerprint density at radius 2 is 1.71 bits per heavy atom. The van der Waals surface area contributed by atoms with Crippen molar-refractivity contribution < 1.29 is 0 Å². The lowest BCUT2D eigenvalue weighted by Crippen LogP contribution is -1.70. The van der Waals surface area contributed by atoms with Gasteiger partial charge in [0.25, 0.3) is 0 Å². The Balaban J connectivity index is 2.03. The second-order valence-electron chi connectivity index (χ2n) is 3.54. The lowest BCUT2D eigenvalue weighted by atomic mass is 10.2. The van der Waals surface area contributed by atoms with Gasteiger partial charge >= 0.3 is 0 Å². The maximum absolute atomic E-state index is 5.96. The summed E-state index contributed by atoms with van der Waals surface area (Å²) in [5, 5.41) is 4.69. The van der Waals surface area contributed by atoms with Gasteiger partial charge in [-0.25, -0.2) is 0 Å². The number of nitrogens with zero attached hydrogens (tertiary/aromatic N) is 2. The van der Waals surface area contributed by atoms with E-state index < -0.39 is 0 Å². The first-order valence-electron chi connectivity index (χ1n) is 5.15. The molecule has 0 saturated carbocycles. The number of benzene rings is 2. The van der Waals surface area contributed by atoms with Crippen molar-refractivity contribution in [2.75, 3.05) is 0 Å². The maximum atomic E-state index is 5.96. The van der Waals surface area contributed by atoms with Crippen molar-refractivity contribution >= 4 is 29.2 Å². The second-order valence-corrected chi connectivity index (χ2v) is 4.76. The Labute approximate surface area is 110 Å². The molecule has 4 heteroatoms. The molecule has 0 N–H and O–H groups in total. The van der Waals surface area contributed by atoms with Crippen LogP contribution in [0.4, 0.5) is 5.69 Å². The van der Waals surface area contributed by atoms with E-state index in [0.717, 1.165) is 4.90 Å². The molecule has 0 fully saturated rings. The lowest BCUT2D eigenvalue weighted by Gasteiger charge is -1.96. The zero-order valence-electron chi connectivity index (χ0n) is 9.30. The minimum atomic E-state index is 0.612. The maximum Gasteiger partial charge on any atom is 0.105 e. The first kappa shape index (κ1) is 12.1. The zero-order chi connectivity index (χ0) is 12.1. The number of hydrogen-bond donors (Lipinski definition) is 0. The minimum Gasteiger partial charge on any atom is -0.142 e. The fourth-order valence-corrected chi connectivity index (χ4v) is 1.90. The van der Waals surface area contributed by atoms with Crippen LogP contribution in [0.1, 0.15) is 5.56 Å². The van der Waals surface area contributed by atoms with Gasteiger partial charge < -0.3 is 0 Å². The standard InChI is InChI=1S/C13H11ClN2S/c1-10-6-8-11(9-7-10)17-16-15-13-5-3-2-4-12(13)14/h2-9H,1H3. The van der Waals surface area contributed by atoms with E-state index in [1.165, 1.54) is 17.5 Å². The Bertz CT molecular complexity index is 523. The Morgan fingerprint density at radius 3 is 2.41 bits per heavy atom. The van der Waals surface area contributed by atoms with E-state index in [9.17, 15) is 0 Å². The molecule has 0 aliphatic carbocycles. The molecular weight excluding hydrogens is 252 g/mol. The first-order valence-corrected chi connectivity index (χ1v) is 6.30. The molecule has 0 bridgehead atoms. The summed E-state index contributed by atoms with van der Waals surface area (Å²) >= 11 is 7.30. The monoisotopic (exact) mass is 262 g/mol. The predicted molar refractivity (Wildman–Crippen MR) is 73.0 cm³/mol.